The fourth-order valence-electron chi connectivity index (χ4n) is 0.0514. The smallest absolute Gasteiger partial charge is 0.273 e. The molecule has 0 bridgehead atoms. The van der Waals surface area contributed by atoms with Gasteiger partial charge in [0.2, 0.25) is 0 Å². The third-order valence-corrected chi connectivity index (χ3v) is 0.194. The molecular weight excluding hydrogens is 90.0 g/mol. The van der Waals surface area contributed by atoms with Gasteiger partial charge in [-0.25, -0.2) is 0 Å². The van der Waals surface area contributed by atoms with Gasteiger partial charge in [-0.05, 0) is 0 Å². The van der Waals surface area contributed by atoms with Gasteiger partial charge in [0.15, 0.2) is 0 Å². The Labute approximate surface area is 33.3 Å². The third-order valence-electron chi connectivity index (χ3n) is 0.194. The average Bonchev–Trinajstić information content (AvgIpc) is 1.35. The van der Waals surface area contributed by atoms with Gasteiger partial charge >= 0.3 is 0 Å². The highest BCUT2D eigenvalue weighted by molar-refractivity contribution is 5.64. The highest BCUT2D eigenvalue weighted by atomic mass is 19.3. The summed E-state index contributed by atoms with van der Waals surface area (Å²) in [5, 5.41) is 0. The number of carbonyl (C=O) groups excluding carboxylic acids is 1. The van der Waals surface area contributed by atoms with Crippen LogP contribution in [0.3, 0.4) is 0 Å². The van der Waals surface area contributed by atoms with Crippen LogP contribution in [0, 0.1) is 0 Å². The van der Waals surface area contributed by atoms with E-state index in [1.165, 1.54) is 0 Å². The summed E-state index contributed by atoms with van der Waals surface area (Å²) in [6.45, 7) is 0. The second kappa shape index (κ2) is 2.50. The minimum Gasteiger partial charge on any atom is -0.298 e. The monoisotopic (exact) mass is 92.0 g/mol. The van der Waals surface area contributed by atoms with Gasteiger partial charge in [0.1, 0.15) is 6.29 Å². The molecule has 0 rings (SSSR count). The second-order valence-corrected chi connectivity index (χ2v) is 0.592. The van der Waals surface area contributed by atoms with Gasteiger partial charge in [-0.1, -0.05) is 0 Å². The van der Waals surface area contributed by atoms with E-state index in [4.69, 9.17) is 4.79 Å². The van der Waals surface area contributed by atoms with Crippen molar-refractivity contribution in [1.29, 1.82) is 0 Å². The Morgan fingerprint density at radius 2 is 2.00 bits per heavy atom. The molecule has 0 aliphatic rings. The second-order valence-electron chi connectivity index (χ2n) is 0.592. The van der Waals surface area contributed by atoms with Crippen LogP contribution in [0.5, 0.6) is 0 Å². The van der Waals surface area contributed by atoms with E-state index in [2.05, 4.69) is 0 Å². The molecule has 1 nitrogen and oxygen atoms in total. The first-order chi connectivity index (χ1) is 2.77. The average molecular weight is 92.0 g/mol. The zero-order valence-electron chi connectivity index (χ0n) is 2.82. The Bertz CT molecular complexity index is 72.9. The van der Waals surface area contributed by atoms with Gasteiger partial charge in [-0.3, -0.25) is 4.79 Å². The highest BCUT2D eigenvalue weighted by Gasteiger charge is 1.79. The fraction of sp³-hybridized carbons (Fsp3) is 0. The number of rotatable bonds is 1. The molecule has 0 saturated heterocycles. The van der Waals surface area contributed by atoms with Crippen LogP contribution in [-0.2, 0) is 4.79 Å². The molecule has 0 amide bonds. The van der Waals surface area contributed by atoms with Gasteiger partial charge in [0.25, 0.3) is 6.08 Å². The predicted molar refractivity (Wildman–Crippen MR) is 16.4 cm³/mol. The molecule has 0 fully saturated rings. The van der Waals surface area contributed by atoms with Crippen LogP contribution >= 0.6 is 0 Å². The van der Waals surface area contributed by atoms with Crippen molar-refractivity contribution in [2.24, 2.45) is 0 Å². The summed E-state index contributed by atoms with van der Waals surface area (Å²) < 4.78 is 21.3. The number of carbonyl (C=O) groups is 1. The highest BCUT2D eigenvalue weighted by Crippen LogP contribution is 1.91. The molecule has 0 aromatic rings. The van der Waals surface area contributed by atoms with Crippen LogP contribution in [0.2, 0.25) is 0 Å². The molecule has 0 aromatic carbocycles. The Morgan fingerprint density at radius 3 is 2.00 bits per heavy atom. The van der Waals surface area contributed by atoms with Crippen molar-refractivity contribution in [3.05, 3.63) is 12.2 Å². The summed E-state index contributed by atoms with van der Waals surface area (Å²) in [4.78, 5) is 9.06. The number of hydrogen-bond acceptors (Lipinski definition) is 1. The first-order valence-electron chi connectivity index (χ1n) is 1.24. The molecule has 0 spiro atoms. The summed E-state index contributed by atoms with van der Waals surface area (Å²) in [5.74, 6) is 0. The van der Waals surface area contributed by atoms with Crippen LogP contribution in [0.25, 0.3) is 0 Å². The topological polar surface area (TPSA) is 17.1 Å². The molecule has 0 aromatic heterocycles. The molecule has 3 heteroatoms. The van der Waals surface area contributed by atoms with Crippen LogP contribution in [0.4, 0.5) is 8.78 Å². The van der Waals surface area contributed by atoms with Crippen molar-refractivity contribution in [2.45, 2.75) is 0 Å². The molecule has 0 heterocycles. The summed E-state index contributed by atoms with van der Waals surface area (Å²) >= 11 is 0. The first kappa shape index (κ1) is 5.27. The van der Waals surface area contributed by atoms with E-state index in [1.54, 1.807) is 0 Å². The van der Waals surface area contributed by atoms with Crippen molar-refractivity contribution >= 4 is 6.29 Å². The van der Waals surface area contributed by atoms with Gasteiger partial charge < -0.3 is 0 Å². The zero-order valence-corrected chi connectivity index (χ0v) is 2.82. The summed E-state index contributed by atoms with van der Waals surface area (Å²) in [7, 11) is 0. The zero-order chi connectivity index (χ0) is 4.99. The van der Waals surface area contributed by atoms with Gasteiger partial charge in [-0.2, -0.15) is 8.78 Å². The Balaban J connectivity index is 3.41. The summed E-state index contributed by atoms with van der Waals surface area (Å²) in [6.07, 6.45) is -1.72. The maximum Gasteiger partial charge on any atom is 0.273 e. The number of aldehydes is 1. The number of hydrogen-bond donors (Lipinski definition) is 0. The van der Waals surface area contributed by atoms with E-state index in [0.717, 1.165) is 0 Å². The largest absolute Gasteiger partial charge is 0.298 e. The third kappa shape index (κ3) is 3.27. The van der Waals surface area contributed by atoms with Crippen LogP contribution in [-0.4, -0.2) is 6.29 Å². The fourth-order valence-corrected chi connectivity index (χ4v) is 0.0514. The van der Waals surface area contributed by atoms with E-state index in [0.29, 0.717) is 0 Å². The predicted octanol–water partition coefficient (Wildman–Crippen LogP) is 0.966. The molecular formula is C3H2F2O. The van der Waals surface area contributed by atoms with Gasteiger partial charge in [-0.15, -0.1) is 0 Å². The molecule has 34 valence electrons. The number of halogens is 2. The molecule has 0 saturated carbocycles. The van der Waals surface area contributed by atoms with Gasteiger partial charge in [0, 0.05) is 6.08 Å². The Morgan fingerprint density at radius 1 is 1.50 bits per heavy atom. The molecule has 0 aliphatic heterocycles. The normalized spacial score (nSPS) is 7.00. The maximum atomic E-state index is 10.7. The van der Waals surface area contributed by atoms with Crippen molar-refractivity contribution in [2.75, 3.05) is 0 Å². The van der Waals surface area contributed by atoms with Crippen molar-refractivity contribution < 1.29 is 13.6 Å². The molecule has 0 radical (unpaired) electrons. The standard InChI is InChI=1S/C3H2F2O/c4-3(5)1-2-6/h1-2H. The first-order valence-corrected chi connectivity index (χ1v) is 1.24. The van der Waals surface area contributed by atoms with E-state index >= 15 is 0 Å². The lowest BCUT2D eigenvalue weighted by Crippen LogP contribution is -1.58. The van der Waals surface area contributed by atoms with E-state index in [1.807, 2.05) is 0 Å². The molecule has 6 heavy (non-hydrogen) atoms. The molecule has 0 N–H and O–H groups in total. The van der Waals surface area contributed by atoms with E-state index in [-0.39, 0.29) is 12.4 Å². The van der Waals surface area contributed by atoms with Crippen molar-refractivity contribution in [1.82, 2.24) is 0 Å². The van der Waals surface area contributed by atoms with E-state index < -0.39 is 6.08 Å². The SMILES string of the molecule is O=CC=C(F)F. The summed E-state index contributed by atoms with van der Waals surface area (Å²) in [5.41, 5.74) is 0. The molecule has 0 aliphatic carbocycles. The summed E-state index contributed by atoms with van der Waals surface area (Å²) in [6, 6.07) is 0. The van der Waals surface area contributed by atoms with Crippen LogP contribution in [0.1, 0.15) is 0 Å². The maximum absolute atomic E-state index is 10.7. The van der Waals surface area contributed by atoms with E-state index in [9.17, 15) is 8.78 Å². The lowest BCUT2D eigenvalue weighted by molar-refractivity contribution is -0.104. The quantitative estimate of drug-likeness (QED) is 0.348. The minimum atomic E-state index is -1.95. The Hall–Kier alpha value is -0.730. The number of allylic oxidation sites excluding steroid dienone is 1. The lowest BCUT2D eigenvalue weighted by Gasteiger charge is -1.63. The minimum absolute atomic E-state index is 0.0370. The molecule has 0 atom stereocenters. The van der Waals surface area contributed by atoms with Crippen LogP contribution in [0.15, 0.2) is 12.2 Å². The van der Waals surface area contributed by atoms with Crippen LogP contribution < -0.4 is 0 Å². The Kier molecular flexibility index (Phi) is 2.20. The van der Waals surface area contributed by atoms with Crippen molar-refractivity contribution in [3.8, 4) is 0 Å². The lowest BCUT2D eigenvalue weighted by atomic mass is 10.7. The van der Waals surface area contributed by atoms with Gasteiger partial charge in [0.05, 0.1) is 0 Å². The molecule has 0 unspecified atom stereocenters. The van der Waals surface area contributed by atoms with Crippen molar-refractivity contribution in [3.63, 3.8) is 0 Å².